The van der Waals surface area contributed by atoms with Gasteiger partial charge in [-0.15, -0.1) is 0 Å². The molecule has 0 heterocycles. The number of hydrogen-bond acceptors (Lipinski definition) is 3. The lowest BCUT2D eigenvalue weighted by Crippen LogP contribution is -2.41. The van der Waals surface area contributed by atoms with Crippen LogP contribution >= 0.6 is 0 Å². The van der Waals surface area contributed by atoms with E-state index in [2.05, 4.69) is 0 Å². The van der Waals surface area contributed by atoms with Gasteiger partial charge in [-0.05, 0) is 38.5 Å². The van der Waals surface area contributed by atoms with Crippen molar-refractivity contribution in [1.29, 1.82) is 0 Å². The summed E-state index contributed by atoms with van der Waals surface area (Å²) in [6.45, 7) is 0.362. The fraction of sp³-hybridized carbons (Fsp3) is 0.846. The smallest absolute Gasteiger partial charge is 0.305 e. The van der Waals surface area contributed by atoms with Crippen molar-refractivity contribution in [2.45, 2.75) is 57.0 Å². The standard InChI is InChI=1S/C13H22N2O3/c14-10-3-1-9(2-4-10)13(18)15(11-5-6-11)8-7-12(16)17/h9-11H,1-8,14H2,(H,16,17). The minimum atomic E-state index is -0.834. The minimum absolute atomic E-state index is 0.0501. The van der Waals surface area contributed by atoms with Gasteiger partial charge >= 0.3 is 5.97 Å². The lowest BCUT2D eigenvalue weighted by atomic mass is 9.85. The molecule has 0 aromatic carbocycles. The van der Waals surface area contributed by atoms with Gasteiger partial charge in [0.1, 0.15) is 0 Å². The van der Waals surface area contributed by atoms with Crippen LogP contribution in [0.15, 0.2) is 0 Å². The predicted molar refractivity (Wildman–Crippen MR) is 66.9 cm³/mol. The summed E-state index contributed by atoms with van der Waals surface area (Å²) < 4.78 is 0. The van der Waals surface area contributed by atoms with E-state index in [0.717, 1.165) is 38.5 Å². The van der Waals surface area contributed by atoms with Gasteiger partial charge in [0, 0.05) is 24.5 Å². The average Bonchev–Trinajstić information content (AvgIpc) is 3.14. The molecular formula is C13H22N2O3. The van der Waals surface area contributed by atoms with Gasteiger partial charge < -0.3 is 15.7 Å². The first-order valence-electron chi connectivity index (χ1n) is 6.85. The van der Waals surface area contributed by atoms with Crippen LogP contribution in [0.4, 0.5) is 0 Å². The molecular weight excluding hydrogens is 232 g/mol. The molecule has 2 rings (SSSR count). The first-order valence-corrected chi connectivity index (χ1v) is 6.85. The SMILES string of the molecule is NC1CCC(C(=O)N(CCC(=O)O)C2CC2)CC1. The number of hydrogen-bond donors (Lipinski definition) is 2. The number of carboxylic acid groups (broad SMARTS) is 1. The molecule has 18 heavy (non-hydrogen) atoms. The van der Waals surface area contributed by atoms with Gasteiger partial charge in [-0.3, -0.25) is 9.59 Å². The average molecular weight is 254 g/mol. The monoisotopic (exact) mass is 254 g/mol. The maximum Gasteiger partial charge on any atom is 0.305 e. The number of carbonyl (C=O) groups excluding carboxylic acids is 1. The topological polar surface area (TPSA) is 83.6 Å². The second kappa shape index (κ2) is 5.69. The maximum absolute atomic E-state index is 12.4. The highest BCUT2D eigenvalue weighted by molar-refractivity contribution is 5.80. The third kappa shape index (κ3) is 3.45. The Morgan fingerprint density at radius 3 is 2.22 bits per heavy atom. The number of nitrogens with two attached hydrogens (primary N) is 1. The highest BCUT2D eigenvalue weighted by Gasteiger charge is 2.36. The number of carboxylic acids is 1. The van der Waals surface area contributed by atoms with Crippen molar-refractivity contribution in [2.75, 3.05) is 6.54 Å². The largest absolute Gasteiger partial charge is 0.481 e. The van der Waals surface area contributed by atoms with Crippen molar-refractivity contribution in [1.82, 2.24) is 4.90 Å². The fourth-order valence-electron chi connectivity index (χ4n) is 2.68. The summed E-state index contributed by atoms with van der Waals surface area (Å²) in [5.41, 5.74) is 5.84. The minimum Gasteiger partial charge on any atom is -0.481 e. The van der Waals surface area contributed by atoms with Gasteiger partial charge in [0.15, 0.2) is 0 Å². The lowest BCUT2D eigenvalue weighted by Gasteiger charge is -2.31. The van der Waals surface area contributed by atoms with E-state index in [1.165, 1.54) is 0 Å². The van der Waals surface area contributed by atoms with Crippen molar-refractivity contribution in [3.63, 3.8) is 0 Å². The van der Waals surface area contributed by atoms with Crippen molar-refractivity contribution in [3.8, 4) is 0 Å². The third-order valence-corrected chi connectivity index (χ3v) is 3.96. The Balaban J connectivity index is 1.89. The second-order valence-electron chi connectivity index (χ2n) is 5.52. The highest BCUT2D eigenvalue weighted by atomic mass is 16.4. The Hall–Kier alpha value is -1.10. The first-order chi connectivity index (χ1) is 8.58. The van der Waals surface area contributed by atoms with E-state index < -0.39 is 5.97 Å². The van der Waals surface area contributed by atoms with Crippen LogP contribution < -0.4 is 5.73 Å². The van der Waals surface area contributed by atoms with Crippen molar-refractivity contribution >= 4 is 11.9 Å². The van der Waals surface area contributed by atoms with E-state index in [4.69, 9.17) is 10.8 Å². The molecule has 0 bridgehead atoms. The summed E-state index contributed by atoms with van der Waals surface area (Å²) in [5.74, 6) is -0.607. The van der Waals surface area contributed by atoms with Gasteiger partial charge in [0.05, 0.1) is 6.42 Å². The highest BCUT2D eigenvalue weighted by Crippen LogP contribution is 2.32. The summed E-state index contributed by atoms with van der Waals surface area (Å²) in [7, 11) is 0. The van der Waals surface area contributed by atoms with Crippen LogP contribution in [-0.2, 0) is 9.59 Å². The molecule has 0 unspecified atom stereocenters. The van der Waals surface area contributed by atoms with Crippen LogP contribution in [0, 0.1) is 5.92 Å². The van der Waals surface area contributed by atoms with Crippen LogP contribution in [0.1, 0.15) is 44.9 Å². The van der Waals surface area contributed by atoms with Crippen LogP contribution in [0.3, 0.4) is 0 Å². The van der Waals surface area contributed by atoms with E-state index in [9.17, 15) is 9.59 Å². The molecule has 2 saturated carbocycles. The number of rotatable bonds is 5. The zero-order chi connectivity index (χ0) is 13.1. The van der Waals surface area contributed by atoms with Gasteiger partial charge in [-0.25, -0.2) is 0 Å². The van der Waals surface area contributed by atoms with Gasteiger partial charge in [0.25, 0.3) is 0 Å². The summed E-state index contributed by atoms with van der Waals surface area (Å²) in [6, 6.07) is 0.537. The molecule has 0 aromatic rings. The molecule has 2 aliphatic carbocycles. The van der Waals surface area contributed by atoms with Gasteiger partial charge in [-0.2, -0.15) is 0 Å². The number of amides is 1. The molecule has 5 nitrogen and oxygen atoms in total. The van der Waals surface area contributed by atoms with Crippen molar-refractivity contribution in [3.05, 3.63) is 0 Å². The van der Waals surface area contributed by atoms with E-state index in [1.807, 2.05) is 0 Å². The molecule has 3 N–H and O–H groups in total. The fourth-order valence-corrected chi connectivity index (χ4v) is 2.68. The molecule has 0 saturated heterocycles. The predicted octanol–water partition coefficient (Wildman–Crippen LogP) is 0.970. The summed E-state index contributed by atoms with van der Waals surface area (Å²) in [4.78, 5) is 24.8. The zero-order valence-corrected chi connectivity index (χ0v) is 10.7. The molecule has 0 spiro atoms. The normalized spacial score (nSPS) is 27.8. The third-order valence-electron chi connectivity index (χ3n) is 3.96. The summed E-state index contributed by atoms with van der Waals surface area (Å²) in [6.07, 6.45) is 5.64. The van der Waals surface area contributed by atoms with E-state index in [0.29, 0.717) is 12.6 Å². The maximum atomic E-state index is 12.4. The van der Waals surface area contributed by atoms with E-state index in [1.54, 1.807) is 4.90 Å². The van der Waals surface area contributed by atoms with Gasteiger partial charge in [0.2, 0.25) is 5.91 Å². The second-order valence-corrected chi connectivity index (χ2v) is 5.52. The van der Waals surface area contributed by atoms with Crippen LogP contribution in [-0.4, -0.2) is 40.5 Å². The van der Waals surface area contributed by atoms with Crippen molar-refractivity contribution < 1.29 is 14.7 Å². The Bertz CT molecular complexity index is 320. The summed E-state index contributed by atoms with van der Waals surface area (Å²) >= 11 is 0. The molecule has 2 aliphatic rings. The molecule has 5 heteroatoms. The molecule has 0 radical (unpaired) electrons. The van der Waals surface area contributed by atoms with E-state index >= 15 is 0 Å². The Morgan fingerprint density at radius 1 is 1.11 bits per heavy atom. The Labute approximate surface area is 107 Å². The number of nitrogens with zero attached hydrogens (tertiary/aromatic N) is 1. The van der Waals surface area contributed by atoms with Crippen molar-refractivity contribution in [2.24, 2.45) is 11.7 Å². The summed E-state index contributed by atoms with van der Waals surface area (Å²) in [5, 5.41) is 8.74. The van der Waals surface area contributed by atoms with E-state index in [-0.39, 0.29) is 24.3 Å². The molecule has 0 aliphatic heterocycles. The molecule has 2 fully saturated rings. The molecule has 102 valence electrons. The van der Waals surface area contributed by atoms with Crippen LogP contribution in [0.5, 0.6) is 0 Å². The zero-order valence-electron chi connectivity index (χ0n) is 10.7. The number of aliphatic carboxylic acids is 1. The van der Waals surface area contributed by atoms with Crippen LogP contribution in [0.2, 0.25) is 0 Å². The molecule has 0 atom stereocenters. The molecule has 0 aromatic heterocycles. The molecule has 1 amide bonds. The Morgan fingerprint density at radius 2 is 1.72 bits per heavy atom. The van der Waals surface area contributed by atoms with Crippen LogP contribution in [0.25, 0.3) is 0 Å². The number of carbonyl (C=O) groups is 2. The first kappa shape index (κ1) is 13.3. The quantitative estimate of drug-likeness (QED) is 0.765. The lowest BCUT2D eigenvalue weighted by molar-refractivity contribution is -0.140. The van der Waals surface area contributed by atoms with Gasteiger partial charge in [-0.1, -0.05) is 0 Å². The Kier molecular flexibility index (Phi) is 4.22.